The van der Waals surface area contributed by atoms with E-state index in [1.54, 1.807) is 13.8 Å². The summed E-state index contributed by atoms with van der Waals surface area (Å²) < 4.78 is 37.4. The van der Waals surface area contributed by atoms with Gasteiger partial charge in [-0.1, -0.05) is 13.8 Å². The van der Waals surface area contributed by atoms with Crippen LogP contribution in [-0.2, 0) is 0 Å². The van der Waals surface area contributed by atoms with Gasteiger partial charge in [0.15, 0.2) is 0 Å². The molecule has 0 aromatic carbocycles. The zero-order chi connectivity index (χ0) is 10.1. The second-order valence-electron chi connectivity index (χ2n) is 3.29. The van der Waals surface area contributed by atoms with Crippen LogP contribution in [0.25, 0.3) is 0 Å². The normalized spacial score (nSPS) is 20.2. The number of hydrogen-bond acceptors (Lipinski definition) is 4. The molecule has 0 spiro atoms. The molecule has 0 aliphatic carbocycles. The first-order chi connectivity index (χ1) is 5.87. The van der Waals surface area contributed by atoms with Crippen molar-refractivity contribution < 1.29 is 13.2 Å². The van der Waals surface area contributed by atoms with Gasteiger partial charge in [0.25, 0.3) is 5.66 Å². The molecule has 1 aliphatic rings. The van der Waals surface area contributed by atoms with Crippen LogP contribution in [0.2, 0.25) is 0 Å². The van der Waals surface area contributed by atoms with Crippen molar-refractivity contribution in [1.29, 1.82) is 0 Å². The van der Waals surface area contributed by atoms with Gasteiger partial charge in [0, 0.05) is 6.42 Å². The summed E-state index contributed by atoms with van der Waals surface area (Å²) in [6.45, 7) is 3.33. The number of halogens is 3. The molecule has 1 rings (SSSR count). The summed E-state index contributed by atoms with van der Waals surface area (Å²) in [7, 11) is 0. The first kappa shape index (κ1) is 10.1. The Morgan fingerprint density at radius 1 is 1.15 bits per heavy atom. The van der Waals surface area contributed by atoms with Crippen LogP contribution in [0.5, 0.6) is 0 Å². The molecule has 0 atom stereocenters. The van der Waals surface area contributed by atoms with E-state index >= 15 is 0 Å². The minimum atomic E-state index is -4.51. The van der Waals surface area contributed by atoms with Gasteiger partial charge in [0.1, 0.15) is 0 Å². The van der Waals surface area contributed by atoms with Gasteiger partial charge in [-0.15, -0.1) is 10.2 Å². The molecule has 0 N–H and O–H groups in total. The maximum Gasteiger partial charge on any atom is 0.437 e. The van der Waals surface area contributed by atoms with Crippen LogP contribution in [0.1, 0.15) is 20.3 Å². The van der Waals surface area contributed by atoms with E-state index in [0.717, 1.165) is 0 Å². The Labute approximate surface area is 72.9 Å². The Morgan fingerprint density at radius 2 is 1.62 bits per heavy atom. The molecule has 1 heterocycles. The summed E-state index contributed by atoms with van der Waals surface area (Å²) in [4.78, 5) is 0. The van der Waals surface area contributed by atoms with Gasteiger partial charge >= 0.3 is 6.18 Å². The largest absolute Gasteiger partial charge is 0.437 e. The van der Waals surface area contributed by atoms with Crippen molar-refractivity contribution in [3.8, 4) is 0 Å². The SMILES string of the molecule is CC(C)CC1(C(F)(F)F)N=NN=N1. The van der Waals surface area contributed by atoms with Gasteiger partial charge in [0.2, 0.25) is 0 Å². The summed E-state index contributed by atoms with van der Waals surface area (Å²) >= 11 is 0. The van der Waals surface area contributed by atoms with Gasteiger partial charge in [-0.25, -0.2) is 0 Å². The average molecular weight is 194 g/mol. The molecule has 4 nitrogen and oxygen atoms in total. The van der Waals surface area contributed by atoms with Gasteiger partial charge < -0.3 is 0 Å². The van der Waals surface area contributed by atoms with Crippen LogP contribution in [0.15, 0.2) is 20.7 Å². The molecule has 0 saturated heterocycles. The van der Waals surface area contributed by atoms with E-state index < -0.39 is 11.8 Å². The molecule has 0 fully saturated rings. The molecular weight excluding hydrogens is 185 g/mol. The van der Waals surface area contributed by atoms with E-state index in [-0.39, 0.29) is 12.3 Å². The lowest BCUT2D eigenvalue weighted by Crippen LogP contribution is -2.41. The topological polar surface area (TPSA) is 49.4 Å². The Hall–Kier alpha value is -1.01. The first-order valence-corrected chi connectivity index (χ1v) is 3.78. The lowest BCUT2D eigenvalue weighted by atomic mass is 9.98. The Bertz CT molecular complexity index is 231. The van der Waals surface area contributed by atoms with Crippen LogP contribution in [0.4, 0.5) is 13.2 Å². The number of hydrogen-bond donors (Lipinski definition) is 0. The first-order valence-electron chi connectivity index (χ1n) is 3.78. The predicted octanol–water partition coefficient (Wildman–Crippen LogP) is 3.12. The predicted molar refractivity (Wildman–Crippen MR) is 38.0 cm³/mol. The molecule has 0 unspecified atom stereocenters. The fourth-order valence-electron chi connectivity index (χ4n) is 1.09. The molecule has 0 aromatic rings. The fraction of sp³-hybridized carbons (Fsp3) is 1.00. The number of rotatable bonds is 2. The fourth-order valence-corrected chi connectivity index (χ4v) is 1.09. The quantitative estimate of drug-likeness (QED) is 0.648. The van der Waals surface area contributed by atoms with Crippen molar-refractivity contribution in [1.82, 2.24) is 0 Å². The highest BCUT2D eigenvalue weighted by Gasteiger charge is 2.58. The molecular formula is C6H9F3N4. The van der Waals surface area contributed by atoms with Gasteiger partial charge in [0.05, 0.1) is 0 Å². The van der Waals surface area contributed by atoms with Crippen molar-refractivity contribution in [2.45, 2.75) is 32.1 Å². The van der Waals surface area contributed by atoms with Gasteiger partial charge in [-0.2, -0.15) is 13.2 Å². The number of alkyl halides is 3. The molecule has 0 amide bonds. The van der Waals surface area contributed by atoms with Crippen LogP contribution in [-0.4, -0.2) is 11.8 Å². The molecule has 1 aliphatic heterocycles. The Balaban J connectivity index is 2.90. The Kier molecular flexibility index (Phi) is 2.36. The minimum absolute atomic E-state index is 0.169. The van der Waals surface area contributed by atoms with E-state index in [0.29, 0.717) is 0 Å². The smallest absolute Gasteiger partial charge is 0.166 e. The average Bonchev–Trinajstić information content (AvgIpc) is 2.33. The molecule has 0 bridgehead atoms. The second-order valence-corrected chi connectivity index (χ2v) is 3.29. The minimum Gasteiger partial charge on any atom is -0.166 e. The lowest BCUT2D eigenvalue weighted by Gasteiger charge is -2.23. The van der Waals surface area contributed by atoms with Crippen LogP contribution in [0, 0.1) is 5.92 Å². The molecule has 0 aromatic heterocycles. The van der Waals surface area contributed by atoms with Gasteiger partial charge in [-0.3, -0.25) is 0 Å². The van der Waals surface area contributed by atoms with E-state index in [4.69, 9.17) is 0 Å². The molecule has 0 saturated carbocycles. The van der Waals surface area contributed by atoms with Crippen molar-refractivity contribution in [3.63, 3.8) is 0 Å². The summed E-state index contributed by atoms with van der Waals surface area (Å²) in [5.74, 6) is -0.169. The monoisotopic (exact) mass is 194 g/mol. The third-order valence-corrected chi connectivity index (χ3v) is 1.61. The molecule has 74 valence electrons. The highest BCUT2D eigenvalue weighted by molar-refractivity contribution is 4.93. The van der Waals surface area contributed by atoms with Crippen LogP contribution in [0.3, 0.4) is 0 Å². The van der Waals surface area contributed by atoms with Crippen molar-refractivity contribution in [3.05, 3.63) is 0 Å². The summed E-state index contributed by atoms with van der Waals surface area (Å²) in [5, 5.41) is 11.9. The molecule has 13 heavy (non-hydrogen) atoms. The van der Waals surface area contributed by atoms with E-state index in [2.05, 4.69) is 20.7 Å². The van der Waals surface area contributed by atoms with E-state index in [1.165, 1.54) is 0 Å². The second kappa shape index (κ2) is 3.04. The van der Waals surface area contributed by atoms with E-state index in [1.807, 2.05) is 0 Å². The third kappa shape index (κ3) is 1.84. The maximum atomic E-state index is 12.5. The zero-order valence-corrected chi connectivity index (χ0v) is 7.21. The van der Waals surface area contributed by atoms with Crippen LogP contribution < -0.4 is 0 Å². The summed E-state index contributed by atoms with van der Waals surface area (Å²) in [6, 6.07) is 0. The van der Waals surface area contributed by atoms with Crippen molar-refractivity contribution in [2.24, 2.45) is 26.6 Å². The highest BCUT2D eigenvalue weighted by Crippen LogP contribution is 2.42. The Morgan fingerprint density at radius 3 is 1.92 bits per heavy atom. The van der Waals surface area contributed by atoms with Crippen molar-refractivity contribution in [2.75, 3.05) is 0 Å². The summed E-state index contributed by atoms with van der Waals surface area (Å²) in [5.41, 5.74) is -2.43. The third-order valence-electron chi connectivity index (χ3n) is 1.61. The molecule has 7 heteroatoms. The number of nitrogens with zero attached hydrogens (tertiary/aromatic N) is 4. The standard InChI is InChI=1S/C6H9F3N4/c1-4(2)3-5(6(7,8)9)10-12-13-11-5/h4H,3H2,1-2H3. The summed E-state index contributed by atoms with van der Waals surface area (Å²) in [6.07, 6.45) is -4.73. The van der Waals surface area contributed by atoms with Crippen molar-refractivity contribution >= 4 is 0 Å². The maximum absolute atomic E-state index is 12.5. The molecule has 0 radical (unpaired) electrons. The van der Waals surface area contributed by atoms with Crippen LogP contribution >= 0.6 is 0 Å². The van der Waals surface area contributed by atoms with Gasteiger partial charge in [-0.05, 0) is 16.4 Å². The zero-order valence-electron chi connectivity index (χ0n) is 7.21. The lowest BCUT2D eigenvalue weighted by molar-refractivity contribution is -0.187. The van der Waals surface area contributed by atoms with E-state index in [9.17, 15) is 13.2 Å². The highest BCUT2D eigenvalue weighted by atomic mass is 19.4.